The Bertz CT molecular complexity index is 627. The lowest BCUT2D eigenvalue weighted by atomic mass is 9.93. The normalized spacial score (nSPS) is 18.3. The fraction of sp³-hybridized carbons (Fsp3) is 0.400. The van der Waals surface area contributed by atoms with Crippen molar-refractivity contribution in [1.29, 1.82) is 0 Å². The zero-order valence-corrected chi connectivity index (χ0v) is 10.8. The minimum atomic E-state index is -0.315. The van der Waals surface area contributed by atoms with Crippen molar-refractivity contribution in [2.24, 2.45) is 0 Å². The number of hydrogen-bond acceptors (Lipinski definition) is 2. The molecular weight excluding hydrogens is 240 g/mol. The highest BCUT2D eigenvalue weighted by Gasteiger charge is 2.19. The monoisotopic (exact) mass is 258 g/mol. The highest BCUT2D eigenvalue weighted by atomic mass is 16.3. The van der Waals surface area contributed by atoms with Gasteiger partial charge in [0, 0.05) is 43.3 Å². The van der Waals surface area contributed by atoms with Gasteiger partial charge in [0.1, 0.15) is 0 Å². The molecule has 100 valence electrons. The largest absolute Gasteiger partial charge is 0.388 e. The van der Waals surface area contributed by atoms with E-state index in [-0.39, 0.29) is 11.7 Å². The van der Waals surface area contributed by atoms with Crippen molar-refractivity contribution >= 4 is 0 Å². The SMILES string of the molecule is O=c1ccccn1CCn1cc2c(c1)C(O)CCC2. The van der Waals surface area contributed by atoms with E-state index in [0.29, 0.717) is 6.54 Å². The average Bonchev–Trinajstić information content (AvgIpc) is 2.82. The predicted octanol–water partition coefficient (Wildman–Crippen LogP) is 1.72. The van der Waals surface area contributed by atoms with E-state index in [2.05, 4.69) is 10.8 Å². The lowest BCUT2D eigenvalue weighted by Gasteiger charge is -2.16. The van der Waals surface area contributed by atoms with Gasteiger partial charge in [-0.15, -0.1) is 0 Å². The zero-order valence-electron chi connectivity index (χ0n) is 10.8. The fourth-order valence-electron chi connectivity index (χ4n) is 2.72. The Morgan fingerprint density at radius 1 is 1.26 bits per heavy atom. The molecule has 1 aliphatic rings. The first kappa shape index (κ1) is 12.2. The second-order valence-corrected chi connectivity index (χ2v) is 5.12. The highest BCUT2D eigenvalue weighted by Crippen LogP contribution is 2.30. The van der Waals surface area contributed by atoms with Gasteiger partial charge < -0.3 is 14.2 Å². The standard InChI is InChI=1S/C15H18N2O2/c18-14-5-3-4-12-10-16(11-13(12)14)8-9-17-7-2-1-6-15(17)19/h1-2,6-7,10-11,14,18H,3-5,8-9H2. The smallest absolute Gasteiger partial charge is 0.250 e. The Labute approximate surface area is 111 Å². The van der Waals surface area contributed by atoms with Crippen molar-refractivity contribution in [2.75, 3.05) is 0 Å². The zero-order chi connectivity index (χ0) is 13.2. The molecule has 1 N–H and O–H groups in total. The lowest BCUT2D eigenvalue weighted by molar-refractivity contribution is 0.157. The lowest BCUT2D eigenvalue weighted by Crippen LogP contribution is -2.20. The number of aliphatic hydroxyl groups is 1. The Balaban J connectivity index is 1.74. The van der Waals surface area contributed by atoms with Gasteiger partial charge in [-0.1, -0.05) is 6.07 Å². The molecule has 0 aliphatic heterocycles. The molecule has 0 amide bonds. The van der Waals surface area contributed by atoms with Crippen LogP contribution in [0.15, 0.2) is 41.6 Å². The summed E-state index contributed by atoms with van der Waals surface area (Å²) in [6.45, 7) is 1.41. The van der Waals surface area contributed by atoms with E-state index in [4.69, 9.17) is 0 Å². The molecule has 0 saturated carbocycles. The number of rotatable bonds is 3. The van der Waals surface area contributed by atoms with Crippen molar-refractivity contribution in [3.63, 3.8) is 0 Å². The summed E-state index contributed by atoms with van der Waals surface area (Å²) in [6.07, 6.45) is 8.57. The van der Waals surface area contributed by atoms with Crippen molar-refractivity contribution < 1.29 is 5.11 Å². The van der Waals surface area contributed by atoms with Crippen molar-refractivity contribution in [3.05, 3.63) is 58.3 Å². The topological polar surface area (TPSA) is 47.2 Å². The fourth-order valence-corrected chi connectivity index (χ4v) is 2.72. The number of nitrogens with zero attached hydrogens (tertiary/aromatic N) is 2. The molecule has 1 aliphatic carbocycles. The van der Waals surface area contributed by atoms with Gasteiger partial charge in [0.2, 0.25) is 0 Å². The molecule has 0 fully saturated rings. The predicted molar refractivity (Wildman–Crippen MR) is 73.0 cm³/mol. The number of hydrogen-bond donors (Lipinski definition) is 1. The Morgan fingerprint density at radius 2 is 2.16 bits per heavy atom. The number of aryl methyl sites for hydroxylation is 3. The molecule has 2 aromatic rings. The van der Waals surface area contributed by atoms with Crippen molar-refractivity contribution in [3.8, 4) is 0 Å². The van der Waals surface area contributed by atoms with E-state index in [1.165, 1.54) is 5.56 Å². The molecule has 0 radical (unpaired) electrons. The first-order valence-corrected chi connectivity index (χ1v) is 6.76. The molecule has 2 heterocycles. The molecular formula is C15H18N2O2. The van der Waals surface area contributed by atoms with Crippen LogP contribution in [0.1, 0.15) is 30.1 Å². The molecule has 1 atom stereocenters. The number of pyridine rings is 1. The summed E-state index contributed by atoms with van der Waals surface area (Å²) in [7, 11) is 0. The summed E-state index contributed by atoms with van der Waals surface area (Å²) in [6, 6.07) is 5.19. The number of aromatic nitrogens is 2. The van der Waals surface area contributed by atoms with E-state index in [9.17, 15) is 9.90 Å². The Kier molecular flexibility index (Phi) is 3.25. The summed E-state index contributed by atoms with van der Waals surface area (Å²) in [4.78, 5) is 11.6. The van der Waals surface area contributed by atoms with Gasteiger partial charge in [0.25, 0.3) is 5.56 Å². The van der Waals surface area contributed by atoms with Crippen LogP contribution >= 0.6 is 0 Å². The summed E-state index contributed by atoms with van der Waals surface area (Å²) in [5, 5.41) is 9.94. The molecule has 2 aromatic heterocycles. The second kappa shape index (κ2) is 5.05. The van der Waals surface area contributed by atoms with E-state index >= 15 is 0 Å². The van der Waals surface area contributed by atoms with Crippen LogP contribution in [-0.2, 0) is 19.5 Å². The quantitative estimate of drug-likeness (QED) is 0.911. The third kappa shape index (κ3) is 2.49. The van der Waals surface area contributed by atoms with Crippen LogP contribution in [0.25, 0.3) is 0 Å². The van der Waals surface area contributed by atoms with Crippen LogP contribution in [-0.4, -0.2) is 14.2 Å². The van der Waals surface area contributed by atoms with Gasteiger partial charge in [-0.05, 0) is 30.9 Å². The number of aliphatic hydroxyl groups excluding tert-OH is 1. The maximum atomic E-state index is 11.6. The van der Waals surface area contributed by atoms with Gasteiger partial charge in [-0.3, -0.25) is 4.79 Å². The highest BCUT2D eigenvalue weighted by molar-refractivity contribution is 5.28. The van der Waals surface area contributed by atoms with Gasteiger partial charge in [-0.25, -0.2) is 0 Å². The van der Waals surface area contributed by atoms with Crippen LogP contribution in [0.2, 0.25) is 0 Å². The summed E-state index contributed by atoms with van der Waals surface area (Å²) >= 11 is 0. The van der Waals surface area contributed by atoms with Gasteiger partial charge >= 0.3 is 0 Å². The Morgan fingerprint density at radius 3 is 2.95 bits per heavy atom. The van der Waals surface area contributed by atoms with Crippen LogP contribution in [0, 0.1) is 0 Å². The average molecular weight is 258 g/mol. The molecule has 19 heavy (non-hydrogen) atoms. The Hall–Kier alpha value is -1.81. The molecule has 0 saturated heterocycles. The summed E-state index contributed by atoms with van der Waals surface area (Å²) < 4.78 is 3.79. The van der Waals surface area contributed by atoms with Crippen LogP contribution in [0.3, 0.4) is 0 Å². The molecule has 4 nitrogen and oxygen atoms in total. The second-order valence-electron chi connectivity index (χ2n) is 5.12. The minimum Gasteiger partial charge on any atom is -0.388 e. The van der Waals surface area contributed by atoms with Crippen molar-refractivity contribution in [1.82, 2.24) is 9.13 Å². The summed E-state index contributed by atoms with van der Waals surface area (Å²) in [5.41, 5.74) is 2.34. The van der Waals surface area contributed by atoms with Gasteiger partial charge in [0.15, 0.2) is 0 Å². The molecule has 0 spiro atoms. The third-order valence-electron chi connectivity index (χ3n) is 3.78. The molecule has 0 bridgehead atoms. The third-order valence-corrected chi connectivity index (χ3v) is 3.78. The first-order chi connectivity index (χ1) is 9.24. The van der Waals surface area contributed by atoms with Gasteiger partial charge in [-0.2, -0.15) is 0 Å². The molecule has 4 heteroatoms. The maximum Gasteiger partial charge on any atom is 0.250 e. The molecule has 0 aromatic carbocycles. The van der Waals surface area contributed by atoms with E-state index in [0.717, 1.165) is 31.4 Å². The van der Waals surface area contributed by atoms with Crippen molar-refractivity contribution in [2.45, 2.75) is 38.5 Å². The van der Waals surface area contributed by atoms with Crippen LogP contribution in [0.5, 0.6) is 0 Å². The molecule has 1 unspecified atom stereocenters. The summed E-state index contributed by atoms with van der Waals surface area (Å²) in [5.74, 6) is 0. The van der Waals surface area contributed by atoms with E-state index < -0.39 is 0 Å². The maximum absolute atomic E-state index is 11.6. The molecule has 3 rings (SSSR count). The minimum absolute atomic E-state index is 0.0273. The van der Waals surface area contributed by atoms with E-state index in [1.54, 1.807) is 22.9 Å². The number of fused-ring (bicyclic) bond motifs is 1. The van der Waals surface area contributed by atoms with Crippen LogP contribution in [0.4, 0.5) is 0 Å². The van der Waals surface area contributed by atoms with Gasteiger partial charge in [0.05, 0.1) is 6.10 Å². The van der Waals surface area contributed by atoms with Crippen LogP contribution < -0.4 is 5.56 Å². The van der Waals surface area contributed by atoms with E-state index in [1.807, 2.05) is 12.3 Å². The first-order valence-electron chi connectivity index (χ1n) is 6.76.